The van der Waals surface area contributed by atoms with Gasteiger partial charge in [0, 0.05) is 10.5 Å². The predicted molar refractivity (Wildman–Crippen MR) is 96.9 cm³/mol. The minimum atomic E-state index is -1.03. The number of amides is 1. The van der Waals surface area contributed by atoms with E-state index in [1.807, 2.05) is 31.2 Å². The molecule has 0 aliphatic rings. The zero-order chi connectivity index (χ0) is 19.3. The summed E-state index contributed by atoms with van der Waals surface area (Å²) in [7, 11) is 1.09. The molecule has 2 aromatic carbocycles. The van der Waals surface area contributed by atoms with Crippen LogP contribution in [-0.4, -0.2) is 25.5 Å². The number of carbonyl (C=O) groups excluding carboxylic acids is 2. The van der Waals surface area contributed by atoms with Crippen LogP contribution in [0.2, 0.25) is 0 Å². The standard InChI is InChI=1S/C18H17BrF2N2O3/c1-10(11-3-5-12(19)6-4-11)23-17(24)9-22-16-7-13(18(25)26-2)14(20)8-15(16)21/h3-8,10,22H,9H2,1-2H3,(H,23,24)/t10-/m1/s1. The molecule has 2 N–H and O–H groups in total. The van der Waals surface area contributed by atoms with Crippen molar-refractivity contribution in [3.05, 3.63) is 63.6 Å². The molecular formula is C18H17BrF2N2O3. The van der Waals surface area contributed by atoms with Crippen molar-refractivity contribution in [2.75, 3.05) is 19.0 Å². The maximum atomic E-state index is 13.8. The molecule has 0 unspecified atom stereocenters. The first-order valence-corrected chi connectivity index (χ1v) is 8.47. The van der Waals surface area contributed by atoms with Gasteiger partial charge in [0.15, 0.2) is 0 Å². The van der Waals surface area contributed by atoms with Crippen molar-refractivity contribution in [2.24, 2.45) is 0 Å². The quantitative estimate of drug-likeness (QED) is 0.689. The van der Waals surface area contributed by atoms with Crippen molar-refractivity contribution in [3.63, 3.8) is 0 Å². The largest absolute Gasteiger partial charge is 0.465 e. The normalized spacial score (nSPS) is 11.6. The number of hydrogen-bond acceptors (Lipinski definition) is 4. The number of rotatable bonds is 6. The zero-order valence-corrected chi connectivity index (χ0v) is 15.7. The number of esters is 1. The number of anilines is 1. The fourth-order valence-electron chi connectivity index (χ4n) is 2.25. The van der Waals surface area contributed by atoms with Gasteiger partial charge in [-0.05, 0) is 30.7 Å². The highest BCUT2D eigenvalue weighted by Gasteiger charge is 2.17. The summed E-state index contributed by atoms with van der Waals surface area (Å²) in [6, 6.07) is 8.74. The van der Waals surface area contributed by atoms with Gasteiger partial charge in [0.25, 0.3) is 0 Å². The van der Waals surface area contributed by atoms with Crippen LogP contribution in [0.3, 0.4) is 0 Å². The lowest BCUT2D eigenvalue weighted by atomic mass is 10.1. The summed E-state index contributed by atoms with van der Waals surface area (Å²) < 4.78 is 32.8. The van der Waals surface area contributed by atoms with Crippen LogP contribution in [0, 0.1) is 11.6 Å². The number of hydrogen-bond donors (Lipinski definition) is 2. The third kappa shape index (κ3) is 5.01. The molecule has 26 heavy (non-hydrogen) atoms. The monoisotopic (exact) mass is 426 g/mol. The summed E-state index contributed by atoms with van der Waals surface area (Å²) in [5, 5.41) is 5.32. The van der Waals surface area contributed by atoms with Crippen LogP contribution in [0.1, 0.15) is 28.9 Å². The Balaban J connectivity index is 2.00. The van der Waals surface area contributed by atoms with Crippen molar-refractivity contribution < 1.29 is 23.1 Å². The first-order valence-electron chi connectivity index (χ1n) is 7.68. The summed E-state index contributed by atoms with van der Waals surface area (Å²) in [5.74, 6) is -3.26. The van der Waals surface area contributed by atoms with Crippen LogP contribution in [-0.2, 0) is 9.53 Å². The van der Waals surface area contributed by atoms with E-state index in [9.17, 15) is 18.4 Å². The molecule has 0 bridgehead atoms. The number of ether oxygens (including phenoxy) is 1. The molecule has 1 atom stereocenters. The van der Waals surface area contributed by atoms with Gasteiger partial charge in [-0.15, -0.1) is 0 Å². The Hall–Kier alpha value is -2.48. The molecule has 0 spiro atoms. The number of halogens is 3. The van der Waals surface area contributed by atoms with Gasteiger partial charge in [0.05, 0.1) is 30.9 Å². The first kappa shape index (κ1) is 19.8. The second-order valence-corrected chi connectivity index (χ2v) is 6.41. The lowest BCUT2D eigenvalue weighted by molar-refractivity contribution is -0.120. The molecule has 0 radical (unpaired) electrons. The summed E-state index contributed by atoms with van der Waals surface area (Å²) in [6.45, 7) is 1.57. The number of carbonyl (C=O) groups is 2. The third-order valence-corrected chi connectivity index (χ3v) is 4.18. The highest BCUT2D eigenvalue weighted by molar-refractivity contribution is 9.10. The third-order valence-electron chi connectivity index (χ3n) is 3.65. The Morgan fingerprint density at radius 1 is 1.15 bits per heavy atom. The van der Waals surface area contributed by atoms with E-state index < -0.39 is 23.2 Å². The minimum Gasteiger partial charge on any atom is -0.465 e. The van der Waals surface area contributed by atoms with Gasteiger partial charge in [-0.25, -0.2) is 13.6 Å². The summed E-state index contributed by atoms with van der Waals surface area (Å²) in [5.41, 5.74) is 0.320. The fourth-order valence-corrected chi connectivity index (χ4v) is 2.52. The highest BCUT2D eigenvalue weighted by atomic mass is 79.9. The smallest absolute Gasteiger partial charge is 0.340 e. The second-order valence-electron chi connectivity index (χ2n) is 5.50. The molecule has 138 valence electrons. The van der Waals surface area contributed by atoms with Crippen LogP contribution in [0.25, 0.3) is 0 Å². The summed E-state index contributed by atoms with van der Waals surface area (Å²) in [6.07, 6.45) is 0. The molecule has 0 aliphatic carbocycles. The van der Waals surface area contributed by atoms with Crippen LogP contribution in [0.4, 0.5) is 14.5 Å². The molecule has 0 fully saturated rings. The Kier molecular flexibility index (Phi) is 6.68. The van der Waals surface area contributed by atoms with Crippen molar-refractivity contribution in [2.45, 2.75) is 13.0 Å². The van der Waals surface area contributed by atoms with Crippen molar-refractivity contribution in [1.29, 1.82) is 0 Å². The fraction of sp³-hybridized carbons (Fsp3) is 0.222. The molecule has 0 saturated heterocycles. The molecule has 2 aromatic rings. The molecule has 2 rings (SSSR count). The Bertz CT molecular complexity index is 813. The van der Waals surface area contributed by atoms with E-state index >= 15 is 0 Å². The highest BCUT2D eigenvalue weighted by Crippen LogP contribution is 2.20. The zero-order valence-electron chi connectivity index (χ0n) is 14.1. The number of benzene rings is 2. The molecule has 0 aromatic heterocycles. The van der Waals surface area contributed by atoms with Gasteiger partial charge in [0.1, 0.15) is 11.6 Å². The van der Waals surface area contributed by atoms with E-state index in [1.54, 1.807) is 0 Å². The Morgan fingerprint density at radius 3 is 2.42 bits per heavy atom. The molecule has 0 aliphatic heterocycles. The maximum absolute atomic E-state index is 13.8. The molecule has 1 amide bonds. The van der Waals surface area contributed by atoms with Gasteiger partial charge in [-0.3, -0.25) is 4.79 Å². The molecule has 0 heterocycles. The summed E-state index contributed by atoms with van der Waals surface area (Å²) in [4.78, 5) is 23.5. The van der Waals surface area contributed by atoms with Gasteiger partial charge >= 0.3 is 5.97 Å². The molecule has 8 heteroatoms. The van der Waals surface area contributed by atoms with Crippen LogP contribution < -0.4 is 10.6 Å². The van der Waals surface area contributed by atoms with Crippen molar-refractivity contribution in [3.8, 4) is 0 Å². The van der Waals surface area contributed by atoms with E-state index in [-0.39, 0.29) is 24.2 Å². The van der Waals surface area contributed by atoms with Gasteiger partial charge in [0.2, 0.25) is 5.91 Å². The van der Waals surface area contributed by atoms with Crippen LogP contribution in [0.5, 0.6) is 0 Å². The van der Waals surface area contributed by atoms with Crippen molar-refractivity contribution >= 4 is 33.5 Å². The maximum Gasteiger partial charge on any atom is 0.340 e. The minimum absolute atomic E-state index is 0.168. The van der Waals surface area contributed by atoms with E-state index in [1.165, 1.54) is 0 Å². The van der Waals surface area contributed by atoms with Crippen LogP contribution >= 0.6 is 15.9 Å². The van der Waals surface area contributed by atoms with Crippen LogP contribution in [0.15, 0.2) is 40.9 Å². The number of nitrogens with one attached hydrogen (secondary N) is 2. The lowest BCUT2D eigenvalue weighted by Crippen LogP contribution is -2.32. The molecular weight excluding hydrogens is 410 g/mol. The topological polar surface area (TPSA) is 67.4 Å². The first-order chi connectivity index (χ1) is 12.3. The Labute approximate surface area is 157 Å². The predicted octanol–water partition coefficient (Wildman–Crippen LogP) is 3.80. The molecule has 5 nitrogen and oxygen atoms in total. The second kappa shape index (κ2) is 8.75. The van der Waals surface area contributed by atoms with Gasteiger partial charge in [-0.2, -0.15) is 0 Å². The number of methoxy groups -OCH3 is 1. The summed E-state index contributed by atoms with van der Waals surface area (Å²) >= 11 is 3.34. The van der Waals surface area contributed by atoms with Gasteiger partial charge in [-0.1, -0.05) is 28.1 Å². The van der Waals surface area contributed by atoms with Gasteiger partial charge < -0.3 is 15.4 Å². The SMILES string of the molecule is COC(=O)c1cc(NCC(=O)N[C@H](C)c2ccc(Br)cc2)c(F)cc1F. The van der Waals surface area contributed by atoms with E-state index in [2.05, 4.69) is 31.3 Å². The van der Waals surface area contributed by atoms with E-state index in [0.717, 1.165) is 23.2 Å². The average molecular weight is 427 g/mol. The Morgan fingerprint density at radius 2 is 1.81 bits per heavy atom. The molecule has 0 saturated carbocycles. The van der Waals surface area contributed by atoms with Crippen molar-refractivity contribution in [1.82, 2.24) is 5.32 Å². The average Bonchev–Trinajstić information content (AvgIpc) is 2.60. The van der Waals surface area contributed by atoms with E-state index in [0.29, 0.717) is 6.07 Å². The van der Waals surface area contributed by atoms with E-state index in [4.69, 9.17) is 0 Å². The lowest BCUT2D eigenvalue weighted by Gasteiger charge is -2.15.